The SMILES string of the molecule is O=C(O)c1ccc(OCCOc2ccccc2NS(=O)(=O)c2ccc(F)cc2F)cc1.O=C(O)c1ccc(OCCOc2ccccc2NS(=O)(=O)c2ccccc2F)cc1. The van der Waals surface area contributed by atoms with Crippen molar-refractivity contribution in [2.75, 3.05) is 35.9 Å². The predicted molar refractivity (Wildman–Crippen MR) is 216 cm³/mol. The molecule has 0 aliphatic carbocycles. The van der Waals surface area contributed by atoms with E-state index in [9.17, 15) is 39.6 Å². The Kier molecular flexibility index (Phi) is 15.2. The number of hydrogen-bond acceptors (Lipinski definition) is 10. The molecule has 6 aromatic rings. The molecule has 0 radical (unpaired) electrons. The smallest absolute Gasteiger partial charge is 0.335 e. The van der Waals surface area contributed by atoms with Crippen LogP contribution in [0.2, 0.25) is 0 Å². The van der Waals surface area contributed by atoms with Gasteiger partial charge in [0.2, 0.25) is 0 Å². The molecular formula is C42H35F3N2O12S2. The van der Waals surface area contributed by atoms with Crippen LogP contribution in [0.4, 0.5) is 24.5 Å². The number of carbonyl (C=O) groups is 2. The highest BCUT2D eigenvalue weighted by molar-refractivity contribution is 7.93. The zero-order valence-corrected chi connectivity index (χ0v) is 33.2. The molecule has 61 heavy (non-hydrogen) atoms. The Morgan fingerprint density at radius 2 is 0.869 bits per heavy atom. The van der Waals surface area contributed by atoms with Crippen LogP contribution in [0.5, 0.6) is 23.0 Å². The highest BCUT2D eigenvalue weighted by Gasteiger charge is 2.22. The molecule has 0 saturated carbocycles. The Bertz CT molecular complexity index is 2690. The minimum absolute atomic E-state index is 0.0460. The number of ether oxygens (including phenoxy) is 4. The van der Waals surface area contributed by atoms with Crippen LogP contribution >= 0.6 is 0 Å². The fraction of sp³-hybridized carbons (Fsp3) is 0.0952. The molecule has 318 valence electrons. The zero-order chi connectivity index (χ0) is 44.0. The van der Waals surface area contributed by atoms with Crippen LogP contribution in [-0.4, -0.2) is 65.4 Å². The second kappa shape index (κ2) is 20.6. The van der Waals surface area contributed by atoms with Gasteiger partial charge in [-0.25, -0.2) is 39.6 Å². The van der Waals surface area contributed by atoms with Crippen LogP contribution in [0, 0.1) is 17.5 Å². The summed E-state index contributed by atoms with van der Waals surface area (Å²) in [6.45, 7) is 0.379. The van der Waals surface area contributed by atoms with Crippen molar-refractivity contribution in [2.45, 2.75) is 9.79 Å². The summed E-state index contributed by atoms with van der Waals surface area (Å²) in [5.74, 6) is -3.70. The summed E-state index contributed by atoms with van der Waals surface area (Å²) in [5, 5.41) is 17.8. The van der Waals surface area contributed by atoms with Gasteiger partial charge in [0.25, 0.3) is 20.0 Å². The number of halogens is 3. The first kappa shape index (κ1) is 44.8. The highest BCUT2D eigenvalue weighted by Crippen LogP contribution is 2.29. The van der Waals surface area contributed by atoms with Crippen LogP contribution in [0.1, 0.15) is 20.7 Å². The summed E-state index contributed by atoms with van der Waals surface area (Å²) in [4.78, 5) is 20.5. The Hall–Kier alpha value is -7.25. The average Bonchev–Trinajstić information content (AvgIpc) is 3.22. The molecule has 0 spiro atoms. The van der Waals surface area contributed by atoms with Gasteiger partial charge in [-0.1, -0.05) is 36.4 Å². The molecule has 6 aromatic carbocycles. The molecule has 0 aliphatic heterocycles. The van der Waals surface area contributed by atoms with Crippen molar-refractivity contribution in [3.8, 4) is 23.0 Å². The third kappa shape index (κ3) is 12.9. The Morgan fingerprint density at radius 3 is 1.30 bits per heavy atom. The van der Waals surface area contributed by atoms with Gasteiger partial charge in [-0.05, 0) is 97.1 Å². The van der Waals surface area contributed by atoms with Gasteiger partial charge in [-0.2, -0.15) is 0 Å². The summed E-state index contributed by atoms with van der Waals surface area (Å²) in [5.41, 5.74) is 0.501. The Morgan fingerprint density at radius 1 is 0.475 bits per heavy atom. The van der Waals surface area contributed by atoms with E-state index in [1.807, 2.05) is 0 Å². The van der Waals surface area contributed by atoms with Crippen molar-refractivity contribution in [2.24, 2.45) is 0 Å². The van der Waals surface area contributed by atoms with Gasteiger partial charge in [-0.3, -0.25) is 9.44 Å². The van der Waals surface area contributed by atoms with Crippen molar-refractivity contribution in [1.29, 1.82) is 0 Å². The maximum Gasteiger partial charge on any atom is 0.335 e. The lowest BCUT2D eigenvalue weighted by molar-refractivity contribution is 0.0686. The molecule has 0 atom stereocenters. The lowest BCUT2D eigenvalue weighted by Gasteiger charge is -2.14. The molecule has 0 aromatic heterocycles. The lowest BCUT2D eigenvalue weighted by atomic mass is 10.2. The molecule has 0 amide bonds. The number of anilines is 2. The van der Waals surface area contributed by atoms with Crippen LogP contribution in [0.25, 0.3) is 0 Å². The van der Waals surface area contributed by atoms with E-state index < -0.39 is 59.2 Å². The van der Waals surface area contributed by atoms with Gasteiger partial charge in [0.1, 0.15) is 76.7 Å². The quantitative estimate of drug-likeness (QED) is 0.0614. The van der Waals surface area contributed by atoms with Crippen molar-refractivity contribution in [1.82, 2.24) is 0 Å². The first-order chi connectivity index (χ1) is 29.1. The normalized spacial score (nSPS) is 11.0. The molecule has 0 heterocycles. The van der Waals surface area contributed by atoms with E-state index in [0.29, 0.717) is 17.6 Å². The van der Waals surface area contributed by atoms with E-state index in [2.05, 4.69) is 9.44 Å². The molecular weight excluding hydrogens is 846 g/mol. The third-order valence-corrected chi connectivity index (χ3v) is 10.8. The maximum absolute atomic E-state index is 13.9. The van der Waals surface area contributed by atoms with E-state index in [1.165, 1.54) is 84.9 Å². The van der Waals surface area contributed by atoms with E-state index in [-0.39, 0.29) is 60.4 Å². The molecule has 0 aliphatic rings. The number of carboxylic acids is 2. The molecule has 0 unspecified atom stereocenters. The molecule has 14 nitrogen and oxygen atoms in total. The second-order valence-electron chi connectivity index (χ2n) is 12.3. The van der Waals surface area contributed by atoms with Crippen molar-refractivity contribution in [3.05, 3.63) is 168 Å². The number of carboxylic acid groups (broad SMARTS) is 2. The summed E-state index contributed by atoms with van der Waals surface area (Å²) in [7, 11) is -8.45. The fourth-order valence-electron chi connectivity index (χ4n) is 5.12. The highest BCUT2D eigenvalue weighted by atomic mass is 32.2. The fourth-order valence-corrected chi connectivity index (χ4v) is 7.40. The number of hydrogen-bond donors (Lipinski definition) is 4. The third-order valence-electron chi connectivity index (χ3n) is 7.99. The minimum atomic E-state index is -4.32. The van der Waals surface area contributed by atoms with Gasteiger partial charge in [-0.15, -0.1) is 0 Å². The zero-order valence-electron chi connectivity index (χ0n) is 31.5. The van der Waals surface area contributed by atoms with Crippen molar-refractivity contribution < 1.29 is 68.8 Å². The number of rotatable bonds is 18. The van der Waals surface area contributed by atoms with E-state index in [1.54, 1.807) is 30.3 Å². The first-order valence-electron chi connectivity index (χ1n) is 17.7. The second-order valence-corrected chi connectivity index (χ2v) is 15.6. The Labute approximate surface area is 347 Å². The van der Waals surface area contributed by atoms with Crippen molar-refractivity contribution >= 4 is 43.4 Å². The van der Waals surface area contributed by atoms with Crippen LogP contribution in [-0.2, 0) is 20.0 Å². The maximum atomic E-state index is 13.9. The molecule has 4 N–H and O–H groups in total. The van der Waals surface area contributed by atoms with Gasteiger partial charge < -0.3 is 29.2 Å². The topological polar surface area (TPSA) is 204 Å². The van der Waals surface area contributed by atoms with Crippen LogP contribution in [0.15, 0.2) is 149 Å². The van der Waals surface area contributed by atoms with Gasteiger partial charge in [0.05, 0.1) is 22.5 Å². The molecule has 6 rings (SSSR count). The van der Waals surface area contributed by atoms with Crippen LogP contribution in [0.3, 0.4) is 0 Å². The summed E-state index contributed by atoms with van der Waals surface area (Å²) >= 11 is 0. The average molecular weight is 881 g/mol. The van der Waals surface area contributed by atoms with Gasteiger partial charge >= 0.3 is 11.9 Å². The minimum Gasteiger partial charge on any atom is -0.490 e. The molecule has 0 fully saturated rings. The van der Waals surface area contributed by atoms with Crippen LogP contribution < -0.4 is 28.4 Å². The Balaban J connectivity index is 0.000000231. The summed E-state index contributed by atoms with van der Waals surface area (Å²) in [6, 6.07) is 31.4. The number of para-hydroxylation sites is 4. The molecule has 0 saturated heterocycles. The number of nitrogens with one attached hydrogen (secondary N) is 2. The largest absolute Gasteiger partial charge is 0.490 e. The predicted octanol–water partition coefficient (Wildman–Crippen LogP) is 7.70. The van der Waals surface area contributed by atoms with E-state index in [0.717, 1.165) is 18.2 Å². The monoisotopic (exact) mass is 880 g/mol. The summed E-state index contributed by atoms with van der Waals surface area (Å²) in [6.07, 6.45) is 0. The number of sulfonamides is 2. The molecule has 0 bridgehead atoms. The van der Waals surface area contributed by atoms with E-state index >= 15 is 0 Å². The van der Waals surface area contributed by atoms with Crippen molar-refractivity contribution in [3.63, 3.8) is 0 Å². The standard InChI is InChI=1S/C21H17F2NO6S.C21H18FNO6S/c22-15-7-10-20(17(23)13-15)31(27,28)24-18-3-1-2-4-19(18)30-12-11-29-16-8-5-14(6-9-16)21(25)26;22-17-5-1-4-8-20(17)30(26,27)23-18-6-2-3-7-19(18)29-14-13-28-16-11-9-15(10-12-16)21(24)25/h1-10,13,24H,11-12H2,(H,25,26);1-12,23H,13-14H2,(H,24,25). The first-order valence-corrected chi connectivity index (χ1v) is 20.7. The summed E-state index contributed by atoms with van der Waals surface area (Å²) < 4.78 is 117. The number of aromatic carboxylic acids is 2. The molecule has 19 heteroatoms. The number of benzene rings is 6. The van der Waals surface area contributed by atoms with Gasteiger partial charge in [0, 0.05) is 6.07 Å². The lowest BCUT2D eigenvalue weighted by Crippen LogP contribution is -2.16. The van der Waals surface area contributed by atoms with E-state index in [4.69, 9.17) is 29.2 Å². The van der Waals surface area contributed by atoms with Gasteiger partial charge in [0.15, 0.2) is 0 Å².